The molecule has 1 aliphatic rings. The number of carbonyl (C=O) groups excluding carboxylic acids is 1. The molecule has 2 heterocycles. The zero-order valence-corrected chi connectivity index (χ0v) is 22.6. The Morgan fingerprint density at radius 3 is 2.54 bits per heavy atom. The van der Waals surface area contributed by atoms with Crippen LogP contribution in [0.25, 0.3) is 5.69 Å². The number of halogens is 3. The van der Waals surface area contributed by atoms with Gasteiger partial charge in [-0.25, -0.2) is 13.5 Å². The third-order valence-corrected chi connectivity index (χ3v) is 7.29. The largest absolute Gasteiger partial charge is 0.353 e. The zero-order valence-electron chi connectivity index (χ0n) is 21.8. The molecule has 1 aliphatic heterocycles. The molecule has 0 unspecified atom stereocenters. The summed E-state index contributed by atoms with van der Waals surface area (Å²) in [6, 6.07) is 13.6. The van der Waals surface area contributed by atoms with E-state index in [1.807, 2.05) is 25.3 Å². The van der Waals surface area contributed by atoms with Crippen molar-refractivity contribution >= 4 is 28.8 Å². The van der Waals surface area contributed by atoms with Crippen LogP contribution in [0.2, 0.25) is 5.02 Å². The molecule has 7 nitrogen and oxygen atoms in total. The summed E-state index contributed by atoms with van der Waals surface area (Å²) in [5.74, 6) is -1.63. The van der Waals surface area contributed by atoms with Crippen LogP contribution in [-0.2, 0) is 6.42 Å². The molecule has 0 spiro atoms. The number of nitrogens with zero attached hydrogens (tertiary/aromatic N) is 5. The highest BCUT2D eigenvalue weighted by Gasteiger charge is 2.18. The third kappa shape index (κ3) is 6.33. The standard InChI is InChI=1S/C29H29ClF2N6O/c1-19-3-6-23(38-18-22(34-35-38)9-10-37-13-11-36(2)12-14-37)17-25(19)29(39)24-7-5-21(16-26(24)30)33-28-8-4-20(31)15-27(28)32/h3-8,15-18,33H,9-14H2,1-2H3. The Morgan fingerprint density at radius 1 is 1.00 bits per heavy atom. The van der Waals surface area contributed by atoms with Crippen LogP contribution in [0.5, 0.6) is 0 Å². The number of likely N-dealkylation sites (N-methyl/N-ethyl adjacent to an activating group) is 1. The topological polar surface area (TPSA) is 66.3 Å². The highest BCUT2D eigenvalue weighted by Crippen LogP contribution is 2.28. The van der Waals surface area contributed by atoms with E-state index >= 15 is 0 Å². The van der Waals surface area contributed by atoms with Crippen molar-refractivity contribution in [2.24, 2.45) is 0 Å². The first-order valence-corrected chi connectivity index (χ1v) is 13.1. The number of piperazine rings is 1. The number of benzene rings is 3. The third-order valence-electron chi connectivity index (χ3n) is 6.98. The molecule has 0 saturated carbocycles. The van der Waals surface area contributed by atoms with Crippen LogP contribution in [0.4, 0.5) is 20.2 Å². The van der Waals surface area contributed by atoms with Gasteiger partial charge in [0.05, 0.1) is 28.3 Å². The predicted molar refractivity (Wildman–Crippen MR) is 148 cm³/mol. The summed E-state index contributed by atoms with van der Waals surface area (Å²) in [5, 5.41) is 11.7. The fraction of sp³-hybridized carbons (Fsp3) is 0.276. The number of nitrogens with one attached hydrogen (secondary N) is 1. The van der Waals surface area contributed by atoms with Crippen LogP contribution in [0.3, 0.4) is 0 Å². The van der Waals surface area contributed by atoms with Gasteiger partial charge in [-0.05, 0) is 62.0 Å². The minimum atomic E-state index is -0.727. The van der Waals surface area contributed by atoms with Crippen molar-refractivity contribution in [1.82, 2.24) is 24.8 Å². The number of aryl methyl sites for hydroxylation is 1. The Hall–Kier alpha value is -3.66. The van der Waals surface area contributed by atoms with E-state index in [9.17, 15) is 13.6 Å². The SMILES string of the molecule is Cc1ccc(-n2cc(CCN3CCN(C)CC3)nn2)cc1C(=O)c1ccc(Nc2ccc(F)cc2F)cc1Cl. The molecule has 0 aliphatic carbocycles. The van der Waals surface area contributed by atoms with Crippen molar-refractivity contribution in [2.75, 3.05) is 45.1 Å². The van der Waals surface area contributed by atoms with Crippen molar-refractivity contribution in [2.45, 2.75) is 13.3 Å². The van der Waals surface area contributed by atoms with Crippen LogP contribution < -0.4 is 5.32 Å². The van der Waals surface area contributed by atoms with Gasteiger partial charge in [-0.15, -0.1) is 5.10 Å². The second kappa shape index (κ2) is 11.6. The lowest BCUT2D eigenvalue weighted by Gasteiger charge is -2.32. The Bertz CT molecular complexity index is 1500. The van der Waals surface area contributed by atoms with Crippen LogP contribution in [-0.4, -0.2) is 70.3 Å². The van der Waals surface area contributed by atoms with Gasteiger partial charge < -0.3 is 15.1 Å². The summed E-state index contributed by atoms with van der Waals surface area (Å²) in [7, 11) is 2.14. The fourth-order valence-corrected chi connectivity index (χ4v) is 4.82. The highest BCUT2D eigenvalue weighted by molar-refractivity contribution is 6.35. The minimum Gasteiger partial charge on any atom is -0.353 e. The maximum absolute atomic E-state index is 14.0. The van der Waals surface area contributed by atoms with Crippen LogP contribution in [0, 0.1) is 18.6 Å². The van der Waals surface area contributed by atoms with E-state index in [0.717, 1.165) is 68.2 Å². The van der Waals surface area contributed by atoms with E-state index in [2.05, 4.69) is 32.5 Å². The summed E-state index contributed by atoms with van der Waals surface area (Å²) in [6.45, 7) is 7.04. The molecule has 39 heavy (non-hydrogen) atoms. The molecule has 1 N–H and O–H groups in total. The van der Waals surface area contributed by atoms with Gasteiger partial charge in [0.25, 0.3) is 0 Å². The van der Waals surface area contributed by atoms with E-state index in [4.69, 9.17) is 11.6 Å². The van der Waals surface area contributed by atoms with Crippen molar-refractivity contribution in [3.8, 4) is 5.69 Å². The molecule has 1 aromatic heterocycles. The van der Waals surface area contributed by atoms with E-state index in [1.54, 1.807) is 28.9 Å². The lowest BCUT2D eigenvalue weighted by atomic mass is 9.98. The van der Waals surface area contributed by atoms with Crippen molar-refractivity contribution in [3.05, 3.63) is 99.8 Å². The van der Waals surface area contributed by atoms with Gasteiger partial charge in [-0.2, -0.15) is 0 Å². The lowest BCUT2D eigenvalue weighted by Crippen LogP contribution is -2.45. The van der Waals surface area contributed by atoms with Gasteiger partial charge >= 0.3 is 0 Å². The number of anilines is 2. The minimum absolute atomic E-state index is 0.103. The Kier molecular flexibility index (Phi) is 8.02. The molecule has 10 heteroatoms. The Labute approximate surface area is 231 Å². The van der Waals surface area contributed by atoms with E-state index in [0.29, 0.717) is 16.8 Å². The molecule has 0 amide bonds. The molecule has 0 atom stereocenters. The molecule has 5 rings (SSSR count). The molecule has 3 aromatic carbocycles. The van der Waals surface area contributed by atoms with E-state index in [-0.39, 0.29) is 16.5 Å². The van der Waals surface area contributed by atoms with E-state index in [1.165, 1.54) is 6.07 Å². The normalized spacial score (nSPS) is 14.5. The first kappa shape index (κ1) is 26.9. The van der Waals surface area contributed by atoms with Crippen LogP contribution >= 0.6 is 11.6 Å². The molecule has 0 radical (unpaired) electrons. The lowest BCUT2D eigenvalue weighted by molar-refractivity contribution is 0.103. The molecule has 1 fully saturated rings. The fourth-order valence-electron chi connectivity index (χ4n) is 4.55. The van der Waals surface area contributed by atoms with Crippen molar-refractivity contribution < 1.29 is 13.6 Å². The summed E-state index contributed by atoms with van der Waals surface area (Å²) in [6.07, 6.45) is 2.70. The number of carbonyl (C=O) groups is 1. The number of aromatic nitrogens is 3. The molecule has 0 bridgehead atoms. The molecular formula is C29H29ClF2N6O. The highest BCUT2D eigenvalue weighted by atomic mass is 35.5. The van der Waals surface area contributed by atoms with Gasteiger partial charge in [-0.1, -0.05) is 22.9 Å². The van der Waals surface area contributed by atoms with Crippen LogP contribution in [0.15, 0.2) is 60.8 Å². The number of rotatable bonds is 8. The second-order valence-electron chi connectivity index (χ2n) is 9.82. The predicted octanol–water partition coefficient (Wildman–Crippen LogP) is 5.27. The smallest absolute Gasteiger partial charge is 0.194 e. The maximum atomic E-state index is 14.0. The van der Waals surface area contributed by atoms with Crippen molar-refractivity contribution in [1.29, 1.82) is 0 Å². The zero-order chi connectivity index (χ0) is 27.5. The second-order valence-corrected chi connectivity index (χ2v) is 10.2. The van der Waals surface area contributed by atoms with Crippen LogP contribution in [0.1, 0.15) is 27.2 Å². The average molecular weight is 551 g/mol. The average Bonchev–Trinajstić information content (AvgIpc) is 3.39. The summed E-state index contributed by atoms with van der Waals surface area (Å²) in [4.78, 5) is 18.2. The number of hydrogen-bond donors (Lipinski definition) is 1. The monoisotopic (exact) mass is 550 g/mol. The maximum Gasteiger partial charge on any atom is 0.194 e. The van der Waals surface area contributed by atoms with Gasteiger partial charge in [0.1, 0.15) is 11.6 Å². The van der Waals surface area contributed by atoms with E-state index < -0.39 is 11.6 Å². The van der Waals surface area contributed by atoms with Gasteiger partial charge in [0.15, 0.2) is 5.78 Å². The number of hydrogen-bond acceptors (Lipinski definition) is 6. The van der Waals surface area contributed by atoms with Gasteiger partial charge in [0.2, 0.25) is 0 Å². The molecule has 202 valence electrons. The molecular weight excluding hydrogens is 522 g/mol. The summed E-state index contributed by atoms with van der Waals surface area (Å²) >= 11 is 6.48. The van der Waals surface area contributed by atoms with Crippen molar-refractivity contribution in [3.63, 3.8) is 0 Å². The summed E-state index contributed by atoms with van der Waals surface area (Å²) < 4.78 is 28.9. The molecule has 4 aromatic rings. The quantitative estimate of drug-likeness (QED) is 0.301. The first-order valence-electron chi connectivity index (χ1n) is 12.8. The molecule has 1 saturated heterocycles. The first-order chi connectivity index (χ1) is 18.8. The van der Waals surface area contributed by atoms with Gasteiger partial charge in [-0.3, -0.25) is 4.79 Å². The Morgan fingerprint density at radius 2 is 1.79 bits per heavy atom. The number of ketones is 1. The Balaban J connectivity index is 1.30. The summed E-state index contributed by atoms with van der Waals surface area (Å²) in [5.41, 5.74) is 3.80. The van der Waals surface area contributed by atoms with Gasteiger partial charge in [0, 0.05) is 62.0 Å².